The first-order valence-electron chi connectivity index (χ1n) is 11.9. The molecule has 0 spiro atoms. The molecule has 34 heavy (non-hydrogen) atoms. The molecule has 1 aliphatic heterocycles. The smallest absolute Gasteiger partial charge is 0.235 e. The van der Waals surface area contributed by atoms with Crippen LogP contribution in [0.4, 0.5) is 5.82 Å². The predicted molar refractivity (Wildman–Crippen MR) is 136 cm³/mol. The number of benzene rings is 1. The van der Waals surface area contributed by atoms with Gasteiger partial charge in [0.05, 0.1) is 24.5 Å². The first-order chi connectivity index (χ1) is 16.3. The van der Waals surface area contributed by atoms with E-state index < -0.39 is 0 Å². The van der Waals surface area contributed by atoms with Crippen LogP contribution in [-0.4, -0.2) is 54.2 Å². The molecule has 2 aromatic heterocycles. The summed E-state index contributed by atoms with van der Waals surface area (Å²) in [6, 6.07) is 12.3. The Morgan fingerprint density at radius 1 is 1.06 bits per heavy atom. The average molecular weight is 482 g/mol. The zero-order valence-electron chi connectivity index (χ0n) is 20.6. The SMILES string of the molecule is Cn1nc(C(C)(C)C)cc1NC(=O)CSc1nnc(CN2CCCCC2)n1Cc1ccccc1. The molecule has 1 aromatic carbocycles. The van der Waals surface area contributed by atoms with E-state index in [9.17, 15) is 4.79 Å². The van der Waals surface area contributed by atoms with E-state index in [1.54, 1.807) is 4.68 Å². The number of anilines is 1. The van der Waals surface area contributed by atoms with Gasteiger partial charge in [-0.2, -0.15) is 5.10 Å². The summed E-state index contributed by atoms with van der Waals surface area (Å²) in [5.74, 6) is 1.83. The molecular weight excluding hydrogens is 446 g/mol. The third-order valence-corrected chi connectivity index (χ3v) is 7.01. The van der Waals surface area contributed by atoms with Crippen LogP contribution in [-0.2, 0) is 30.3 Å². The number of rotatable bonds is 8. The first kappa shape index (κ1) is 24.5. The number of likely N-dealkylation sites (tertiary alicyclic amines) is 1. The minimum atomic E-state index is -0.0831. The second-order valence-electron chi connectivity index (χ2n) is 9.93. The molecule has 4 rings (SSSR count). The Hall–Kier alpha value is -2.65. The largest absolute Gasteiger partial charge is 0.310 e. The normalized spacial score (nSPS) is 14.9. The lowest BCUT2D eigenvalue weighted by molar-refractivity contribution is -0.113. The molecule has 0 radical (unpaired) electrons. The van der Waals surface area contributed by atoms with Gasteiger partial charge in [0.1, 0.15) is 11.6 Å². The molecule has 0 unspecified atom stereocenters. The summed E-state index contributed by atoms with van der Waals surface area (Å²) < 4.78 is 3.88. The monoisotopic (exact) mass is 481 g/mol. The lowest BCUT2D eigenvalue weighted by Crippen LogP contribution is -2.30. The molecule has 182 valence electrons. The zero-order valence-corrected chi connectivity index (χ0v) is 21.4. The Balaban J connectivity index is 1.45. The number of piperidine rings is 1. The van der Waals surface area contributed by atoms with Crippen molar-refractivity contribution in [2.45, 2.75) is 63.7 Å². The van der Waals surface area contributed by atoms with Crippen LogP contribution in [0.3, 0.4) is 0 Å². The fraction of sp³-hybridized carbons (Fsp3) is 0.520. The van der Waals surface area contributed by atoms with Crippen LogP contribution < -0.4 is 5.32 Å². The first-order valence-corrected chi connectivity index (χ1v) is 12.9. The van der Waals surface area contributed by atoms with Crippen LogP contribution in [0.5, 0.6) is 0 Å². The minimum absolute atomic E-state index is 0.0753. The van der Waals surface area contributed by atoms with E-state index in [-0.39, 0.29) is 17.1 Å². The minimum Gasteiger partial charge on any atom is -0.310 e. The molecule has 8 nitrogen and oxygen atoms in total. The van der Waals surface area contributed by atoms with Crippen molar-refractivity contribution < 1.29 is 4.79 Å². The van der Waals surface area contributed by atoms with Crippen molar-refractivity contribution in [3.63, 3.8) is 0 Å². The number of thioether (sulfide) groups is 1. The molecular formula is C25H35N7OS. The quantitative estimate of drug-likeness (QED) is 0.489. The van der Waals surface area contributed by atoms with Crippen molar-refractivity contribution >= 4 is 23.5 Å². The van der Waals surface area contributed by atoms with Crippen LogP contribution in [0.15, 0.2) is 41.6 Å². The summed E-state index contributed by atoms with van der Waals surface area (Å²) >= 11 is 1.42. The molecule has 9 heteroatoms. The average Bonchev–Trinajstić information content (AvgIpc) is 3.37. The maximum Gasteiger partial charge on any atom is 0.235 e. The third-order valence-electron chi connectivity index (χ3n) is 6.04. The van der Waals surface area contributed by atoms with Crippen molar-refractivity contribution in [1.82, 2.24) is 29.4 Å². The van der Waals surface area contributed by atoms with Crippen molar-refractivity contribution in [2.24, 2.45) is 7.05 Å². The highest BCUT2D eigenvalue weighted by atomic mass is 32.2. The van der Waals surface area contributed by atoms with Crippen LogP contribution in [0.1, 0.15) is 57.1 Å². The number of nitrogens with one attached hydrogen (secondary N) is 1. The van der Waals surface area contributed by atoms with Crippen molar-refractivity contribution in [3.05, 3.63) is 53.5 Å². The van der Waals surface area contributed by atoms with E-state index >= 15 is 0 Å². The van der Waals surface area contributed by atoms with Crippen LogP contribution in [0, 0.1) is 0 Å². The highest BCUT2D eigenvalue weighted by Crippen LogP contribution is 2.24. The number of carbonyl (C=O) groups is 1. The Morgan fingerprint density at radius 3 is 2.47 bits per heavy atom. The number of hydrogen-bond acceptors (Lipinski definition) is 6. The van der Waals surface area contributed by atoms with E-state index in [1.165, 1.54) is 36.6 Å². The maximum atomic E-state index is 12.8. The van der Waals surface area contributed by atoms with Gasteiger partial charge < -0.3 is 9.88 Å². The van der Waals surface area contributed by atoms with E-state index in [1.807, 2.05) is 31.3 Å². The molecule has 0 aliphatic carbocycles. The highest BCUT2D eigenvalue weighted by Gasteiger charge is 2.21. The Labute approximate surface area is 206 Å². The molecule has 1 amide bonds. The molecule has 1 fully saturated rings. The third kappa shape index (κ3) is 6.27. The molecule has 0 bridgehead atoms. The van der Waals surface area contributed by atoms with E-state index in [0.717, 1.165) is 36.3 Å². The fourth-order valence-electron chi connectivity index (χ4n) is 4.04. The highest BCUT2D eigenvalue weighted by molar-refractivity contribution is 7.99. The predicted octanol–water partition coefficient (Wildman–Crippen LogP) is 4.07. The maximum absolute atomic E-state index is 12.8. The Bertz CT molecular complexity index is 1090. The summed E-state index contributed by atoms with van der Waals surface area (Å²) in [7, 11) is 1.85. The van der Waals surface area contributed by atoms with Crippen LogP contribution in [0.2, 0.25) is 0 Å². The number of amides is 1. The van der Waals surface area contributed by atoms with Crippen molar-refractivity contribution in [2.75, 3.05) is 24.2 Å². The fourth-order valence-corrected chi connectivity index (χ4v) is 4.80. The van der Waals surface area contributed by atoms with Gasteiger partial charge in [-0.1, -0.05) is 69.3 Å². The number of nitrogens with zero attached hydrogens (tertiary/aromatic N) is 6. The standard InChI is InChI=1S/C25H35N7OS/c1-25(2,3)20-15-21(30(4)29-20)26-23(33)18-34-24-28-27-22(17-31-13-9-6-10-14-31)32(24)16-19-11-7-5-8-12-19/h5,7-8,11-12,15H,6,9-10,13-14,16-18H2,1-4H3,(H,26,33). The number of hydrogen-bond donors (Lipinski definition) is 1. The van der Waals surface area contributed by atoms with Crippen LogP contribution >= 0.6 is 11.8 Å². The van der Waals surface area contributed by atoms with Gasteiger partial charge in [-0.25, -0.2) is 0 Å². The van der Waals surface area contributed by atoms with Gasteiger partial charge in [0.15, 0.2) is 5.16 Å². The lowest BCUT2D eigenvalue weighted by Gasteiger charge is -2.26. The lowest BCUT2D eigenvalue weighted by atomic mass is 9.92. The summed E-state index contributed by atoms with van der Waals surface area (Å²) in [6.45, 7) is 10.0. The molecule has 0 atom stereocenters. The van der Waals surface area contributed by atoms with Crippen LogP contribution in [0.25, 0.3) is 0 Å². The number of aromatic nitrogens is 5. The van der Waals surface area contributed by atoms with Crippen molar-refractivity contribution in [3.8, 4) is 0 Å². The Morgan fingerprint density at radius 2 is 1.79 bits per heavy atom. The number of aryl methyl sites for hydroxylation is 1. The molecule has 1 N–H and O–H groups in total. The second-order valence-corrected chi connectivity index (χ2v) is 10.9. The molecule has 1 aliphatic rings. The summed E-state index contributed by atoms with van der Waals surface area (Å²) in [5.41, 5.74) is 2.06. The molecule has 3 heterocycles. The zero-order chi connectivity index (χ0) is 24.1. The molecule has 1 saturated heterocycles. The summed E-state index contributed by atoms with van der Waals surface area (Å²) in [4.78, 5) is 15.2. The topological polar surface area (TPSA) is 80.9 Å². The van der Waals surface area contributed by atoms with Gasteiger partial charge >= 0.3 is 0 Å². The molecule has 3 aromatic rings. The Kier molecular flexibility index (Phi) is 7.73. The van der Waals surface area contributed by atoms with Gasteiger partial charge in [0.25, 0.3) is 0 Å². The second kappa shape index (κ2) is 10.7. The van der Waals surface area contributed by atoms with Gasteiger partial charge in [0, 0.05) is 18.5 Å². The van der Waals surface area contributed by atoms with Crippen molar-refractivity contribution in [1.29, 1.82) is 0 Å². The van der Waals surface area contributed by atoms with E-state index in [4.69, 9.17) is 0 Å². The number of carbonyl (C=O) groups excluding carboxylic acids is 1. The summed E-state index contributed by atoms with van der Waals surface area (Å²) in [6.07, 6.45) is 3.77. The van der Waals surface area contributed by atoms with E-state index in [2.05, 4.69) is 63.0 Å². The summed E-state index contributed by atoms with van der Waals surface area (Å²) in [5, 5.41) is 17.3. The van der Waals surface area contributed by atoms with Gasteiger partial charge in [-0.3, -0.25) is 14.4 Å². The van der Waals surface area contributed by atoms with Gasteiger partial charge in [-0.05, 0) is 31.5 Å². The molecule has 0 saturated carbocycles. The van der Waals surface area contributed by atoms with Gasteiger partial charge in [0.2, 0.25) is 5.91 Å². The van der Waals surface area contributed by atoms with Gasteiger partial charge in [-0.15, -0.1) is 10.2 Å². The van der Waals surface area contributed by atoms with E-state index in [0.29, 0.717) is 12.4 Å².